The lowest BCUT2D eigenvalue weighted by Crippen LogP contribution is -2.13. The van der Waals surface area contributed by atoms with Crippen molar-refractivity contribution >= 4 is 35.1 Å². The van der Waals surface area contributed by atoms with Crippen molar-refractivity contribution in [1.82, 2.24) is 4.57 Å². The summed E-state index contributed by atoms with van der Waals surface area (Å²) in [4.78, 5) is 25.0. The summed E-state index contributed by atoms with van der Waals surface area (Å²) in [6.45, 7) is 3.92. The van der Waals surface area contributed by atoms with Crippen LogP contribution in [0.15, 0.2) is 100 Å². The van der Waals surface area contributed by atoms with E-state index in [1.165, 1.54) is 23.9 Å². The van der Waals surface area contributed by atoms with Crippen LogP contribution in [0.1, 0.15) is 17.0 Å². The molecule has 4 rings (SSSR count). The average molecular weight is 495 g/mol. The van der Waals surface area contributed by atoms with Crippen molar-refractivity contribution in [2.24, 2.45) is 0 Å². The Morgan fingerprint density at radius 2 is 1.61 bits per heavy atom. The predicted octanol–water partition coefficient (Wildman–Crippen LogP) is 6.70. The van der Waals surface area contributed by atoms with Gasteiger partial charge in [-0.1, -0.05) is 30.0 Å². The number of rotatable bonds is 7. The van der Waals surface area contributed by atoms with E-state index in [9.17, 15) is 20.2 Å². The van der Waals surface area contributed by atoms with E-state index in [0.717, 1.165) is 32.4 Å². The van der Waals surface area contributed by atoms with E-state index in [1.807, 2.05) is 68.4 Å². The smallest absolute Gasteiger partial charge is 0.269 e. The molecule has 1 aromatic heterocycles. The number of nitrogens with zero attached hydrogens (tertiary/aromatic N) is 3. The van der Waals surface area contributed by atoms with Gasteiger partial charge in [-0.15, -0.1) is 0 Å². The van der Waals surface area contributed by atoms with Crippen LogP contribution in [0.5, 0.6) is 0 Å². The third-order valence-corrected chi connectivity index (χ3v) is 6.56. The molecule has 1 amide bonds. The quantitative estimate of drug-likeness (QED) is 0.133. The molecule has 8 heteroatoms. The van der Waals surface area contributed by atoms with E-state index in [4.69, 9.17) is 0 Å². The van der Waals surface area contributed by atoms with Crippen LogP contribution in [0.3, 0.4) is 0 Å². The minimum absolute atomic E-state index is 0.0222. The van der Waals surface area contributed by atoms with Gasteiger partial charge >= 0.3 is 0 Å². The zero-order chi connectivity index (χ0) is 25.7. The number of hydrogen-bond acceptors (Lipinski definition) is 5. The fourth-order valence-corrected chi connectivity index (χ4v) is 4.61. The van der Waals surface area contributed by atoms with Crippen LogP contribution in [0.4, 0.5) is 11.4 Å². The number of amides is 1. The lowest BCUT2D eigenvalue weighted by Gasteiger charge is -2.11. The van der Waals surface area contributed by atoms with Crippen LogP contribution in [0, 0.1) is 35.3 Å². The first-order chi connectivity index (χ1) is 17.4. The number of nitriles is 1. The number of para-hydroxylation sites is 1. The first-order valence-corrected chi connectivity index (χ1v) is 11.9. The number of nitrogens with one attached hydrogen (secondary N) is 1. The van der Waals surface area contributed by atoms with E-state index >= 15 is 0 Å². The van der Waals surface area contributed by atoms with Crippen LogP contribution < -0.4 is 5.32 Å². The van der Waals surface area contributed by atoms with Gasteiger partial charge in [0.15, 0.2) is 0 Å². The molecule has 0 atom stereocenters. The lowest BCUT2D eigenvalue weighted by atomic mass is 10.1. The monoisotopic (exact) mass is 494 g/mol. The van der Waals surface area contributed by atoms with Gasteiger partial charge in [-0.05, 0) is 80.1 Å². The van der Waals surface area contributed by atoms with Crippen molar-refractivity contribution in [3.63, 3.8) is 0 Å². The molecule has 0 saturated carbocycles. The van der Waals surface area contributed by atoms with Crippen LogP contribution in [0.25, 0.3) is 11.8 Å². The number of carbonyl (C=O) groups is 1. The molecule has 0 bridgehead atoms. The van der Waals surface area contributed by atoms with Gasteiger partial charge in [-0.3, -0.25) is 14.9 Å². The summed E-state index contributed by atoms with van der Waals surface area (Å²) < 4.78 is 2.07. The molecular formula is C28H22N4O3S. The molecule has 4 aromatic rings. The second kappa shape index (κ2) is 10.8. The van der Waals surface area contributed by atoms with E-state index in [0.29, 0.717) is 5.69 Å². The van der Waals surface area contributed by atoms with Gasteiger partial charge in [0.05, 0.1) is 4.92 Å². The Labute approximate surface area is 212 Å². The fourth-order valence-electron chi connectivity index (χ4n) is 3.79. The summed E-state index contributed by atoms with van der Waals surface area (Å²) in [5.74, 6) is -0.457. The third kappa shape index (κ3) is 5.54. The van der Waals surface area contributed by atoms with Crippen LogP contribution >= 0.6 is 11.8 Å². The predicted molar refractivity (Wildman–Crippen MR) is 141 cm³/mol. The summed E-state index contributed by atoms with van der Waals surface area (Å²) in [6, 6.07) is 27.4. The molecule has 0 radical (unpaired) electrons. The van der Waals surface area contributed by atoms with Crippen molar-refractivity contribution in [2.75, 3.05) is 5.32 Å². The molecule has 0 aliphatic carbocycles. The van der Waals surface area contributed by atoms with Gasteiger partial charge in [0, 0.05) is 44.7 Å². The number of aromatic nitrogens is 1. The molecule has 0 spiro atoms. The van der Waals surface area contributed by atoms with Crippen molar-refractivity contribution in [2.45, 2.75) is 23.6 Å². The van der Waals surface area contributed by atoms with Crippen LogP contribution in [-0.4, -0.2) is 15.4 Å². The Balaban J connectivity index is 1.54. The normalized spacial score (nSPS) is 11.1. The van der Waals surface area contributed by atoms with Gasteiger partial charge in [0.2, 0.25) is 0 Å². The molecule has 0 aliphatic rings. The van der Waals surface area contributed by atoms with Gasteiger partial charge in [-0.2, -0.15) is 5.26 Å². The van der Waals surface area contributed by atoms with Crippen LogP contribution in [-0.2, 0) is 4.79 Å². The Hall–Kier alpha value is -4.61. The number of nitro benzene ring substituents is 1. The van der Waals surface area contributed by atoms with Crippen molar-refractivity contribution in [3.8, 4) is 11.8 Å². The molecule has 3 aromatic carbocycles. The molecule has 0 saturated heterocycles. The molecular weight excluding hydrogens is 472 g/mol. The molecule has 7 nitrogen and oxygen atoms in total. The Kier molecular flexibility index (Phi) is 7.33. The van der Waals surface area contributed by atoms with Crippen LogP contribution in [0.2, 0.25) is 0 Å². The van der Waals surface area contributed by atoms with Crippen molar-refractivity contribution in [1.29, 1.82) is 5.26 Å². The maximum absolute atomic E-state index is 12.6. The maximum Gasteiger partial charge on any atom is 0.269 e. The molecule has 36 heavy (non-hydrogen) atoms. The van der Waals surface area contributed by atoms with Gasteiger partial charge in [0.25, 0.3) is 11.6 Å². The minimum atomic E-state index is -0.457. The largest absolute Gasteiger partial charge is 0.321 e. The van der Waals surface area contributed by atoms with E-state index in [1.54, 1.807) is 30.3 Å². The zero-order valence-corrected chi connectivity index (χ0v) is 20.5. The van der Waals surface area contributed by atoms with E-state index < -0.39 is 10.8 Å². The van der Waals surface area contributed by atoms with E-state index in [2.05, 4.69) is 9.88 Å². The number of aryl methyl sites for hydroxylation is 1. The molecule has 0 aliphatic heterocycles. The average Bonchev–Trinajstić information content (AvgIpc) is 3.16. The maximum atomic E-state index is 12.6. The molecule has 1 N–H and O–H groups in total. The highest BCUT2D eigenvalue weighted by atomic mass is 32.2. The first kappa shape index (κ1) is 24.5. The summed E-state index contributed by atoms with van der Waals surface area (Å²) >= 11 is 1.52. The highest BCUT2D eigenvalue weighted by molar-refractivity contribution is 7.99. The lowest BCUT2D eigenvalue weighted by molar-refractivity contribution is -0.384. The number of benzene rings is 3. The number of anilines is 1. The van der Waals surface area contributed by atoms with Gasteiger partial charge in [-0.25, -0.2) is 0 Å². The SMILES string of the molecule is Cc1cc(/C=C(/C#N)C(=O)Nc2ccccc2)c(C)n1-c1ccc(Sc2ccc([N+](=O)[O-])cc2)cc1. The second-order valence-electron chi connectivity index (χ2n) is 8.00. The fraction of sp³-hybridized carbons (Fsp3) is 0.0714. The summed E-state index contributed by atoms with van der Waals surface area (Å²) in [5, 5.41) is 23.2. The van der Waals surface area contributed by atoms with Gasteiger partial charge in [0.1, 0.15) is 11.6 Å². The number of nitro groups is 1. The Bertz CT molecular complexity index is 1480. The summed E-state index contributed by atoms with van der Waals surface area (Å²) in [6.07, 6.45) is 1.61. The van der Waals surface area contributed by atoms with Crippen molar-refractivity contribution in [3.05, 3.63) is 118 Å². The highest BCUT2D eigenvalue weighted by Gasteiger charge is 2.14. The minimum Gasteiger partial charge on any atom is -0.321 e. The summed E-state index contributed by atoms with van der Waals surface area (Å²) in [5.41, 5.74) is 4.32. The van der Waals surface area contributed by atoms with Gasteiger partial charge < -0.3 is 9.88 Å². The number of non-ortho nitro benzene ring substituents is 1. The Morgan fingerprint density at radius 3 is 2.19 bits per heavy atom. The Morgan fingerprint density at radius 1 is 1.00 bits per heavy atom. The first-order valence-electron chi connectivity index (χ1n) is 11.1. The zero-order valence-electron chi connectivity index (χ0n) is 19.6. The molecule has 0 unspecified atom stereocenters. The summed E-state index contributed by atoms with van der Waals surface area (Å²) in [7, 11) is 0. The van der Waals surface area contributed by atoms with E-state index in [-0.39, 0.29) is 11.3 Å². The molecule has 0 fully saturated rings. The third-order valence-electron chi connectivity index (χ3n) is 5.55. The molecule has 1 heterocycles. The number of hydrogen-bond donors (Lipinski definition) is 1. The standard InChI is InChI=1S/C28H22N4O3S/c1-19-16-21(17-22(18-29)28(33)30-23-6-4-3-5-7-23)20(2)31(19)24-8-12-26(13-9-24)36-27-14-10-25(11-15-27)32(34)35/h3-17H,1-2H3,(H,30,33)/b22-17-. The van der Waals surface area contributed by atoms with Crippen molar-refractivity contribution < 1.29 is 9.72 Å². The molecule has 178 valence electrons. The highest BCUT2D eigenvalue weighted by Crippen LogP contribution is 2.31. The topological polar surface area (TPSA) is 101 Å². The second-order valence-corrected chi connectivity index (χ2v) is 9.15. The number of carbonyl (C=O) groups excluding carboxylic acids is 1.